The van der Waals surface area contributed by atoms with Gasteiger partial charge >= 0.3 is 0 Å². The molecule has 1 saturated heterocycles. The molecule has 2 aliphatic carbocycles. The molecule has 108 valence electrons. The van der Waals surface area contributed by atoms with Gasteiger partial charge in [0.15, 0.2) is 12.1 Å². The van der Waals surface area contributed by atoms with Crippen molar-refractivity contribution in [3.8, 4) is 0 Å². The first-order valence-corrected chi connectivity index (χ1v) is 7.56. The first kappa shape index (κ1) is 13.6. The monoisotopic (exact) mass is 266 g/mol. The van der Waals surface area contributed by atoms with Gasteiger partial charge in [0.25, 0.3) is 0 Å². The number of hydrogen-bond acceptors (Lipinski definition) is 3. The Balaban J connectivity index is 2.06. The number of hydrogen-bond donors (Lipinski definition) is 1. The molecular weight excluding hydrogens is 240 g/mol. The first-order valence-electron chi connectivity index (χ1n) is 7.56. The Labute approximate surface area is 116 Å². The Hall–Kier alpha value is -0.380. The Morgan fingerprint density at radius 3 is 2.84 bits per heavy atom. The zero-order valence-corrected chi connectivity index (χ0v) is 12.5. The molecule has 0 bridgehead atoms. The Kier molecular flexibility index (Phi) is 3.08. The van der Waals surface area contributed by atoms with E-state index in [1.807, 2.05) is 0 Å². The lowest BCUT2D eigenvalue weighted by Gasteiger charge is -2.54. The van der Waals surface area contributed by atoms with Crippen molar-refractivity contribution in [2.45, 2.75) is 58.5 Å². The van der Waals surface area contributed by atoms with Gasteiger partial charge in [-0.2, -0.15) is 0 Å². The summed E-state index contributed by atoms with van der Waals surface area (Å²) in [5.41, 5.74) is 1.59. The molecule has 0 aromatic rings. The summed E-state index contributed by atoms with van der Waals surface area (Å²) in [6.07, 6.45) is 6.18. The van der Waals surface area contributed by atoms with Crippen molar-refractivity contribution in [1.29, 1.82) is 0 Å². The van der Waals surface area contributed by atoms with Gasteiger partial charge in [-0.25, -0.2) is 0 Å². The van der Waals surface area contributed by atoms with Gasteiger partial charge in [-0.15, -0.1) is 0 Å². The van der Waals surface area contributed by atoms with E-state index in [4.69, 9.17) is 9.47 Å². The Morgan fingerprint density at radius 2 is 2.16 bits per heavy atom. The van der Waals surface area contributed by atoms with Crippen LogP contribution in [0.15, 0.2) is 11.6 Å². The van der Waals surface area contributed by atoms with Crippen LogP contribution in [0, 0.1) is 23.2 Å². The molecular formula is C16H26O3. The second-order valence-electron chi connectivity index (χ2n) is 6.89. The predicted molar refractivity (Wildman–Crippen MR) is 73.3 cm³/mol. The van der Waals surface area contributed by atoms with Crippen molar-refractivity contribution in [2.75, 3.05) is 7.11 Å². The number of rotatable bonds is 1. The molecule has 0 spiro atoms. The Morgan fingerprint density at radius 1 is 1.42 bits per heavy atom. The summed E-state index contributed by atoms with van der Waals surface area (Å²) in [6.45, 7) is 6.81. The average Bonchev–Trinajstić information content (AvgIpc) is 2.64. The topological polar surface area (TPSA) is 38.7 Å². The molecule has 0 unspecified atom stereocenters. The smallest absolute Gasteiger partial charge is 0.173 e. The third-order valence-electron chi connectivity index (χ3n) is 6.10. The number of aliphatic hydroxyl groups is 1. The molecule has 3 nitrogen and oxygen atoms in total. The van der Waals surface area contributed by atoms with Crippen LogP contribution in [0.25, 0.3) is 0 Å². The van der Waals surface area contributed by atoms with E-state index in [1.165, 1.54) is 18.4 Å². The minimum atomic E-state index is -1.00. The van der Waals surface area contributed by atoms with Crippen LogP contribution in [0.5, 0.6) is 0 Å². The highest BCUT2D eigenvalue weighted by Crippen LogP contribution is 2.62. The summed E-state index contributed by atoms with van der Waals surface area (Å²) < 4.78 is 11.3. The van der Waals surface area contributed by atoms with Gasteiger partial charge in [-0.3, -0.25) is 0 Å². The van der Waals surface area contributed by atoms with Crippen LogP contribution < -0.4 is 0 Å². The fraction of sp³-hybridized carbons (Fsp3) is 0.875. The average molecular weight is 266 g/mol. The number of allylic oxidation sites excluding steroid dienone is 2. The van der Waals surface area contributed by atoms with Crippen molar-refractivity contribution >= 4 is 0 Å². The lowest BCUT2D eigenvalue weighted by molar-refractivity contribution is -0.274. The van der Waals surface area contributed by atoms with Crippen LogP contribution in [0.1, 0.15) is 46.5 Å². The van der Waals surface area contributed by atoms with E-state index in [9.17, 15) is 5.11 Å². The van der Waals surface area contributed by atoms with E-state index >= 15 is 0 Å². The highest BCUT2D eigenvalue weighted by Gasteiger charge is 2.64. The van der Waals surface area contributed by atoms with Crippen LogP contribution >= 0.6 is 0 Å². The minimum Gasteiger partial charge on any atom is -0.365 e. The lowest BCUT2D eigenvalue weighted by Crippen LogP contribution is -2.53. The van der Waals surface area contributed by atoms with Gasteiger partial charge < -0.3 is 14.6 Å². The molecule has 0 amide bonds. The lowest BCUT2D eigenvalue weighted by atomic mass is 9.52. The van der Waals surface area contributed by atoms with E-state index in [-0.39, 0.29) is 23.5 Å². The summed E-state index contributed by atoms with van der Waals surface area (Å²) >= 11 is 0. The number of ether oxygens (including phenoxy) is 2. The largest absolute Gasteiger partial charge is 0.365 e. The van der Waals surface area contributed by atoms with Gasteiger partial charge in [0.05, 0.1) is 0 Å². The standard InChI is InChI=1S/C16H26O3/c1-10-6-5-7-12-8-9-16(17)13(15(10,12)3)11(2)14(18-4)19-16/h7,10-11,13-14,17H,5-6,8-9H2,1-4H3/t10-,11-,13+,14-,15+,16-/m0/s1. The summed E-state index contributed by atoms with van der Waals surface area (Å²) in [6, 6.07) is 0. The van der Waals surface area contributed by atoms with Gasteiger partial charge in [0.1, 0.15) is 0 Å². The van der Waals surface area contributed by atoms with Gasteiger partial charge in [0.2, 0.25) is 0 Å². The SMILES string of the molecule is CO[C@H]1O[C@@]2(O)CCC3=CCC[C@H](C)[C@@]3(C)[C@H]2[C@@H]1C. The molecule has 0 radical (unpaired) electrons. The third-order valence-corrected chi connectivity index (χ3v) is 6.10. The molecule has 3 rings (SSSR count). The van der Waals surface area contributed by atoms with Crippen LogP contribution in [-0.4, -0.2) is 24.3 Å². The molecule has 3 heteroatoms. The molecule has 1 heterocycles. The van der Waals surface area contributed by atoms with Crippen molar-refractivity contribution in [3.05, 3.63) is 11.6 Å². The van der Waals surface area contributed by atoms with E-state index in [0.717, 1.165) is 6.42 Å². The number of fused-ring (bicyclic) bond motifs is 3. The normalized spacial score (nSPS) is 53.4. The second kappa shape index (κ2) is 4.31. The van der Waals surface area contributed by atoms with E-state index < -0.39 is 5.79 Å². The second-order valence-corrected chi connectivity index (χ2v) is 6.89. The van der Waals surface area contributed by atoms with E-state index in [2.05, 4.69) is 26.8 Å². The van der Waals surface area contributed by atoms with Crippen LogP contribution in [0.3, 0.4) is 0 Å². The molecule has 1 aliphatic heterocycles. The maximum absolute atomic E-state index is 11.0. The van der Waals surface area contributed by atoms with Gasteiger partial charge in [0, 0.05) is 25.4 Å². The molecule has 1 N–H and O–H groups in total. The fourth-order valence-electron chi connectivity index (χ4n) is 4.98. The Bertz CT molecular complexity index is 405. The highest BCUT2D eigenvalue weighted by atomic mass is 16.7. The zero-order valence-electron chi connectivity index (χ0n) is 12.5. The van der Waals surface area contributed by atoms with Crippen molar-refractivity contribution in [2.24, 2.45) is 23.2 Å². The first-order chi connectivity index (χ1) is 8.93. The third kappa shape index (κ3) is 1.68. The molecule has 0 aromatic carbocycles. The van der Waals surface area contributed by atoms with Crippen molar-refractivity contribution in [3.63, 3.8) is 0 Å². The zero-order chi connectivity index (χ0) is 13.8. The quantitative estimate of drug-likeness (QED) is 0.741. The van der Waals surface area contributed by atoms with Gasteiger partial charge in [-0.05, 0) is 30.6 Å². The molecule has 19 heavy (non-hydrogen) atoms. The molecule has 2 fully saturated rings. The fourth-order valence-corrected chi connectivity index (χ4v) is 4.98. The van der Waals surface area contributed by atoms with Crippen LogP contribution in [-0.2, 0) is 9.47 Å². The summed E-state index contributed by atoms with van der Waals surface area (Å²) in [5.74, 6) is -0.0480. The van der Waals surface area contributed by atoms with E-state index in [0.29, 0.717) is 12.3 Å². The summed E-state index contributed by atoms with van der Waals surface area (Å²) in [5, 5.41) is 11.0. The predicted octanol–water partition coefficient (Wildman–Crippen LogP) is 3.09. The van der Waals surface area contributed by atoms with Crippen molar-refractivity contribution < 1.29 is 14.6 Å². The van der Waals surface area contributed by atoms with Gasteiger partial charge in [-0.1, -0.05) is 32.4 Å². The molecule has 6 atom stereocenters. The molecule has 0 aromatic heterocycles. The minimum absolute atomic E-state index is 0.0535. The number of methoxy groups -OCH3 is 1. The van der Waals surface area contributed by atoms with Crippen molar-refractivity contribution in [1.82, 2.24) is 0 Å². The molecule has 3 aliphatic rings. The maximum Gasteiger partial charge on any atom is 0.173 e. The highest BCUT2D eigenvalue weighted by molar-refractivity contribution is 5.26. The maximum atomic E-state index is 11.0. The summed E-state index contributed by atoms with van der Waals surface area (Å²) in [7, 11) is 1.67. The van der Waals surface area contributed by atoms with Crippen LogP contribution in [0.2, 0.25) is 0 Å². The van der Waals surface area contributed by atoms with Crippen LogP contribution in [0.4, 0.5) is 0 Å². The van der Waals surface area contributed by atoms with E-state index in [1.54, 1.807) is 7.11 Å². The molecule has 1 saturated carbocycles. The summed E-state index contributed by atoms with van der Waals surface area (Å²) in [4.78, 5) is 0.